The molecule has 0 aliphatic carbocycles. The Labute approximate surface area is 124 Å². The quantitative estimate of drug-likeness (QED) is 0.798. The van der Waals surface area contributed by atoms with Crippen molar-refractivity contribution in [2.24, 2.45) is 0 Å². The van der Waals surface area contributed by atoms with Gasteiger partial charge in [0.15, 0.2) is 5.65 Å². The molecule has 0 aliphatic heterocycles. The predicted octanol–water partition coefficient (Wildman–Crippen LogP) is 3.15. The zero-order valence-electron chi connectivity index (χ0n) is 12.7. The van der Waals surface area contributed by atoms with Crippen LogP contribution in [0.25, 0.3) is 16.7 Å². The number of nitrogens with zero attached hydrogens (tertiary/aromatic N) is 3. The second kappa shape index (κ2) is 5.66. The number of fused-ring (bicyclic) bond motifs is 1. The van der Waals surface area contributed by atoms with E-state index in [0.29, 0.717) is 0 Å². The molecule has 21 heavy (non-hydrogen) atoms. The molecule has 1 aromatic carbocycles. The molecule has 0 aliphatic rings. The molecule has 0 atom stereocenters. The van der Waals surface area contributed by atoms with Crippen molar-refractivity contribution in [2.75, 3.05) is 6.54 Å². The van der Waals surface area contributed by atoms with Crippen LogP contribution in [0.15, 0.2) is 36.5 Å². The topological polar surface area (TPSA) is 42.7 Å². The molecule has 108 valence electrons. The molecule has 0 bridgehead atoms. The summed E-state index contributed by atoms with van der Waals surface area (Å²) in [4.78, 5) is 4.62. The third kappa shape index (κ3) is 2.67. The lowest BCUT2D eigenvalue weighted by Crippen LogP contribution is -2.11. The summed E-state index contributed by atoms with van der Waals surface area (Å²) in [6.07, 6.45) is 1.93. The Morgan fingerprint density at radius 3 is 2.81 bits per heavy atom. The minimum Gasteiger partial charge on any atom is -0.313 e. The fourth-order valence-electron chi connectivity index (χ4n) is 2.49. The van der Waals surface area contributed by atoms with E-state index in [9.17, 15) is 0 Å². The van der Waals surface area contributed by atoms with Crippen LogP contribution in [0.2, 0.25) is 0 Å². The van der Waals surface area contributed by atoms with Gasteiger partial charge in [-0.25, -0.2) is 9.67 Å². The van der Waals surface area contributed by atoms with Crippen molar-refractivity contribution in [3.05, 3.63) is 53.3 Å². The van der Waals surface area contributed by atoms with Crippen molar-refractivity contribution in [2.45, 2.75) is 27.3 Å². The van der Waals surface area contributed by atoms with E-state index in [1.54, 1.807) is 0 Å². The second-order valence-corrected chi connectivity index (χ2v) is 5.33. The van der Waals surface area contributed by atoms with Gasteiger partial charge in [0.25, 0.3) is 0 Å². The van der Waals surface area contributed by atoms with Gasteiger partial charge in [-0.3, -0.25) is 0 Å². The van der Waals surface area contributed by atoms with Crippen LogP contribution in [0.5, 0.6) is 0 Å². The van der Waals surface area contributed by atoms with Crippen LogP contribution < -0.4 is 5.32 Å². The molecule has 2 aromatic heterocycles. The molecular formula is C17H20N4. The molecule has 3 rings (SSSR count). The number of benzene rings is 1. The zero-order chi connectivity index (χ0) is 14.8. The first kappa shape index (κ1) is 13.8. The van der Waals surface area contributed by atoms with Crippen molar-refractivity contribution < 1.29 is 0 Å². The summed E-state index contributed by atoms with van der Waals surface area (Å²) >= 11 is 0. The van der Waals surface area contributed by atoms with E-state index in [-0.39, 0.29) is 0 Å². The Bertz CT molecular complexity index is 774. The van der Waals surface area contributed by atoms with Crippen molar-refractivity contribution in [1.82, 2.24) is 20.1 Å². The van der Waals surface area contributed by atoms with Gasteiger partial charge in [-0.1, -0.05) is 19.1 Å². The van der Waals surface area contributed by atoms with Crippen LogP contribution >= 0.6 is 0 Å². The van der Waals surface area contributed by atoms with Crippen LogP contribution in [0.1, 0.15) is 23.7 Å². The van der Waals surface area contributed by atoms with E-state index in [1.165, 1.54) is 11.1 Å². The smallest absolute Gasteiger partial charge is 0.163 e. The Balaban J connectivity index is 2.09. The molecule has 0 unspecified atom stereocenters. The van der Waals surface area contributed by atoms with Crippen LogP contribution in [0.3, 0.4) is 0 Å². The van der Waals surface area contributed by atoms with Crippen molar-refractivity contribution in [3.8, 4) is 5.69 Å². The third-order valence-corrected chi connectivity index (χ3v) is 3.59. The summed E-state index contributed by atoms with van der Waals surface area (Å²) in [5.74, 6) is 0. The normalized spacial score (nSPS) is 11.2. The number of rotatable bonds is 4. The van der Waals surface area contributed by atoms with Crippen molar-refractivity contribution >= 4 is 11.0 Å². The van der Waals surface area contributed by atoms with Gasteiger partial charge in [0, 0.05) is 18.1 Å². The van der Waals surface area contributed by atoms with Crippen LogP contribution in [-0.4, -0.2) is 21.3 Å². The molecule has 0 saturated heterocycles. The molecule has 1 N–H and O–H groups in total. The van der Waals surface area contributed by atoms with Gasteiger partial charge in [-0.15, -0.1) is 0 Å². The summed E-state index contributed by atoms with van der Waals surface area (Å²) in [6.45, 7) is 8.03. The Hall–Kier alpha value is -2.20. The minimum atomic E-state index is 0.842. The molecule has 4 heteroatoms. The van der Waals surface area contributed by atoms with Crippen LogP contribution in [0.4, 0.5) is 0 Å². The lowest BCUT2D eigenvalue weighted by Gasteiger charge is -2.05. The minimum absolute atomic E-state index is 0.842. The van der Waals surface area contributed by atoms with E-state index in [2.05, 4.69) is 53.5 Å². The standard InChI is InChI=1S/C17H20N4/c1-4-18-10-14-9-16-13(3)20-21(17(16)19-11-14)15-7-5-6-12(2)8-15/h5-9,11,18H,4,10H2,1-3H3. The first-order valence-electron chi connectivity index (χ1n) is 7.31. The maximum Gasteiger partial charge on any atom is 0.163 e. The first-order chi connectivity index (χ1) is 10.2. The highest BCUT2D eigenvalue weighted by atomic mass is 15.3. The van der Waals surface area contributed by atoms with Gasteiger partial charge in [-0.2, -0.15) is 5.10 Å². The molecular weight excluding hydrogens is 260 g/mol. The molecule has 3 aromatic rings. The van der Waals surface area contributed by atoms with E-state index in [1.807, 2.05) is 23.9 Å². The fraction of sp³-hybridized carbons (Fsp3) is 0.294. The SMILES string of the molecule is CCNCc1cnc2c(c1)c(C)nn2-c1cccc(C)c1. The van der Waals surface area contributed by atoms with Gasteiger partial charge in [0.1, 0.15) is 0 Å². The average molecular weight is 280 g/mol. The molecule has 0 amide bonds. The van der Waals surface area contributed by atoms with Gasteiger partial charge in [0.05, 0.1) is 11.4 Å². The Morgan fingerprint density at radius 1 is 1.19 bits per heavy atom. The predicted molar refractivity (Wildman–Crippen MR) is 85.7 cm³/mol. The summed E-state index contributed by atoms with van der Waals surface area (Å²) in [7, 11) is 0. The molecule has 0 saturated carbocycles. The molecule has 0 radical (unpaired) electrons. The van der Waals surface area contributed by atoms with Crippen molar-refractivity contribution in [1.29, 1.82) is 0 Å². The highest BCUT2D eigenvalue weighted by Gasteiger charge is 2.11. The summed E-state index contributed by atoms with van der Waals surface area (Å²) in [6, 6.07) is 10.5. The van der Waals surface area contributed by atoms with Gasteiger partial charge in [0.2, 0.25) is 0 Å². The number of aryl methyl sites for hydroxylation is 2. The molecule has 4 nitrogen and oxygen atoms in total. The molecule has 0 spiro atoms. The zero-order valence-corrected chi connectivity index (χ0v) is 12.7. The van der Waals surface area contributed by atoms with E-state index >= 15 is 0 Å². The number of nitrogens with one attached hydrogen (secondary N) is 1. The summed E-state index contributed by atoms with van der Waals surface area (Å²) in [5.41, 5.74) is 5.39. The summed E-state index contributed by atoms with van der Waals surface area (Å²) in [5, 5.41) is 9.10. The van der Waals surface area contributed by atoms with E-state index in [4.69, 9.17) is 0 Å². The number of pyridine rings is 1. The van der Waals surface area contributed by atoms with E-state index < -0.39 is 0 Å². The molecule has 0 fully saturated rings. The highest BCUT2D eigenvalue weighted by Crippen LogP contribution is 2.21. The Morgan fingerprint density at radius 2 is 2.05 bits per heavy atom. The van der Waals surface area contributed by atoms with Gasteiger partial charge >= 0.3 is 0 Å². The summed E-state index contributed by atoms with van der Waals surface area (Å²) < 4.78 is 1.93. The number of aromatic nitrogens is 3. The Kier molecular flexibility index (Phi) is 3.71. The van der Waals surface area contributed by atoms with Gasteiger partial charge < -0.3 is 5.32 Å². The lowest BCUT2D eigenvalue weighted by atomic mass is 10.2. The molecule has 2 heterocycles. The second-order valence-electron chi connectivity index (χ2n) is 5.33. The maximum atomic E-state index is 4.66. The lowest BCUT2D eigenvalue weighted by molar-refractivity contribution is 0.725. The maximum absolute atomic E-state index is 4.66. The van der Waals surface area contributed by atoms with Crippen LogP contribution in [0, 0.1) is 13.8 Å². The van der Waals surface area contributed by atoms with Crippen LogP contribution in [-0.2, 0) is 6.54 Å². The third-order valence-electron chi connectivity index (χ3n) is 3.59. The number of hydrogen-bond acceptors (Lipinski definition) is 3. The average Bonchev–Trinajstić information content (AvgIpc) is 2.82. The first-order valence-corrected chi connectivity index (χ1v) is 7.31. The fourth-order valence-corrected chi connectivity index (χ4v) is 2.49. The van der Waals surface area contributed by atoms with Crippen molar-refractivity contribution in [3.63, 3.8) is 0 Å². The largest absolute Gasteiger partial charge is 0.313 e. The van der Waals surface area contributed by atoms with Gasteiger partial charge in [-0.05, 0) is 49.7 Å². The number of hydrogen-bond donors (Lipinski definition) is 1. The monoisotopic (exact) mass is 280 g/mol. The highest BCUT2D eigenvalue weighted by molar-refractivity contribution is 5.80. The van der Waals surface area contributed by atoms with E-state index in [0.717, 1.165) is 35.5 Å².